The molecule has 2 aromatic carbocycles. The summed E-state index contributed by atoms with van der Waals surface area (Å²) in [6, 6.07) is 12.5. The third-order valence-corrected chi connectivity index (χ3v) is 4.12. The lowest BCUT2D eigenvalue weighted by Crippen LogP contribution is -2.10. The van der Waals surface area contributed by atoms with E-state index in [-0.39, 0.29) is 12.4 Å². The number of carbonyl (C=O) groups excluding carboxylic acids is 2. The Labute approximate surface area is 167 Å². The van der Waals surface area contributed by atoms with Gasteiger partial charge in [0.05, 0.1) is 18.5 Å². The summed E-state index contributed by atoms with van der Waals surface area (Å²) in [5, 5.41) is 10.6. The minimum absolute atomic E-state index is 0.151. The topological polar surface area (TPSA) is 132 Å². The van der Waals surface area contributed by atoms with Crippen molar-refractivity contribution in [2.75, 3.05) is 12.4 Å². The van der Waals surface area contributed by atoms with E-state index in [0.29, 0.717) is 22.5 Å². The highest BCUT2D eigenvalue weighted by molar-refractivity contribution is 6.04. The van der Waals surface area contributed by atoms with Crippen LogP contribution in [-0.4, -0.2) is 35.5 Å². The lowest BCUT2D eigenvalue weighted by atomic mass is 10.0. The third kappa shape index (κ3) is 4.86. The van der Waals surface area contributed by atoms with E-state index < -0.39 is 5.91 Å². The molecular formula is C21H21N3O5. The molecule has 0 saturated heterocycles. The molecule has 0 spiro atoms. The summed E-state index contributed by atoms with van der Waals surface area (Å²) in [5.41, 5.74) is 9.62. The Morgan fingerprint density at radius 1 is 1.17 bits per heavy atom. The first-order valence-corrected chi connectivity index (χ1v) is 8.56. The summed E-state index contributed by atoms with van der Waals surface area (Å²) in [7, 11) is 1.58. The lowest BCUT2D eigenvalue weighted by Gasteiger charge is -2.14. The van der Waals surface area contributed by atoms with Crippen molar-refractivity contribution in [1.82, 2.24) is 4.98 Å². The summed E-state index contributed by atoms with van der Waals surface area (Å²) in [6.45, 7) is 3.17. The van der Waals surface area contributed by atoms with Crippen molar-refractivity contribution >= 4 is 34.9 Å². The van der Waals surface area contributed by atoms with Gasteiger partial charge in [0.15, 0.2) is 0 Å². The van der Waals surface area contributed by atoms with Crippen molar-refractivity contribution in [2.24, 2.45) is 5.73 Å². The van der Waals surface area contributed by atoms with Gasteiger partial charge in [-0.1, -0.05) is 12.1 Å². The van der Waals surface area contributed by atoms with Crippen molar-refractivity contribution < 1.29 is 24.2 Å². The number of fused-ring (bicyclic) bond motifs is 1. The average molecular weight is 395 g/mol. The molecule has 0 saturated carbocycles. The predicted octanol–water partition coefficient (Wildman–Crippen LogP) is 2.98. The molecule has 8 heteroatoms. The molecule has 29 heavy (non-hydrogen) atoms. The first-order valence-electron chi connectivity index (χ1n) is 8.56. The zero-order valence-corrected chi connectivity index (χ0v) is 16.2. The van der Waals surface area contributed by atoms with E-state index in [9.17, 15) is 9.59 Å². The quantitative estimate of drug-likeness (QED) is 0.582. The van der Waals surface area contributed by atoms with Crippen LogP contribution in [0.15, 0.2) is 42.5 Å². The van der Waals surface area contributed by atoms with E-state index in [1.54, 1.807) is 43.5 Å². The van der Waals surface area contributed by atoms with Crippen LogP contribution in [0.1, 0.15) is 22.8 Å². The highest BCUT2D eigenvalue weighted by Crippen LogP contribution is 2.35. The summed E-state index contributed by atoms with van der Waals surface area (Å²) >= 11 is 0. The van der Waals surface area contributed by atoms with Crippen molar-refractivity contribution in [1.29, 1.82) is 0 Å². The minimum Gasteiger partial charge on any atom is -0.494 e. The summed E-state index contributed by atoms with van der Waals surface area (Å²) in [4.78, 5) is 35.8. The van der Waals surface area contributed by atoms with Gasteiger partial charge in [0.1, 0.15) is 11.3 Å². The van der Waals surface area contributed by atoms with Gasteiger partial charge in [0.2, 0.25) is 11.8 Å². The second kappa shape index (κ2) is 9.32. The summed E-state index contributed by atoms with van der Waals surface area (Å²) in [6.07, 6.45) is 0. The van der Waals surface area contributed by atoms with E-state index >= 15 is 0 Å². The minimum atomic E-state index is -0.471. The number of carboxylic acid groups (broad SMARTS) is 1. The predicted molar refractivity (Wildman–Crippen MR) is 110 cm³/mol. The van der Waals surface area contributed by atoms with Crippen LogP contribution in [0.3, 0.4) is 0 Å². The van der Waals surface area contributed by atoms with Gasteiger partial charge in [-0.2, -0.15) is 0 Å². The van der Waals surface area contributed by atoms with Crippen LogP contribution < -0.4 is 15.8 Å². The molecule has 0 aliphatic rings. The van der Waals surface area contributed by atoms with Gasteiger partial charge in [-0.3, -0.25) is 14.4 Å². The normalized spacial score (nSPS) is 9.90. The fraction of sp³-hybridized carbons (Fsp3) is 0.143. The molecule has 3 rings (SSSR count). The standard InChI is InChI=1S/C20H19N3O3.CH2O2/c1-11-10-16(13-4-6-14(7-5-13)20(21)25)23-19-17(26-3)9-8-15(18(11)19)22-12(2)24;2-1-3/h4-10H,1-3H3,(H2,21,25)(H,22,24);1H,(H,2,3). The Morgan fingerprint density at radius 2 is 1.79 bits per heavy atom. The molecule has 0 fully saturated rings. The number of pyridine rings is 1. The van der Waals surface area contributed by atoms with Gasteiger partial charge in [0.25, 0.3) is 6.47 Å². The number of ether oxygens (including phenoxy) is 1. The number of carbonyl (C=O) groups is 3. The molecule has 0 aliphatic carbocycles. The van der Waals surface area contributed by atoms with Gasteiger partial charge >= 0.3 is 0 Å². The maximum absolute atomic E-state index is 11.5. The smallest absolute Gasteiger partial charge is 0.290 e. The number of anilines is 1. The van der Waals surface area contributed by atoms with Gasteiger partial charge in [0, 0.05) is 23.4 Å². The average Bonchev–Trinajstić information content (AvgIpc) is 2.68. The second-order valence-electron chi connectivity index (χ2n) is 6.09. The Kier molecular flexibility index (Phi) is 6.86. The molecule has 0 radical (unpaired) electrons. The van der Waals surface area contributed by atoms with Crippen LogP contribution in [-0.2, 0) is 9.59 Å². The molecule has 1 heterocycles. The number of rotatable bonds is 4. The Bertz CT molecular complexity index is 1060. The number of primary amides is 1. The molecule has 150 valence electrons. The lowest BCUT2D eigenvalue weighted by molar-refractivity contribution is -0.123. The Hall–Kier alpha value is -3.94. The summed E-state index contributed by atoms with van der Waals surface area (Å²) < 4.78 is 5.45. The van der Waals surface area contributed by atoms with E-state index in [1.165, 1.54) is 6.92 Å². The molecule has 3 aromatic rings. The number of nitrogens with one attached hydrogen (secondary N) is 1. The fourth-order valence-corrected chi connectivity index (χ4v) is 2.92. The monoisotopic (exact) mass is 395 g/mol. The first kappa shape index (κ1) is 21.4. The maximum Gasteiger partial charge on any atom is 0.290 e. The van der Waals surface area contributed by atoms with E-state index in [2.05, 4.69) is 5.32 Å². The third-order valence-electron chi connectivity index (χ3n) is 4.12. The maximum atomic E-state index is 11.5. The van der Waals surface area contributed by atoms with Crippen LogP contribution in [0.5, 0.6) is 5.75 Å². The van der Waals surface area contributed by atoms with Gasteiger partial charge in [-0.05, 0) is 42.8 Å². The van der Waals surface area contributed by atoms with Crippen LogP contribution in [0.4, 0.5) is 5.69 Å². The van der Waals surface area contributed by atoms with Crippen LogP contribution in [0.25, 0.3) is 22.2 Å². The van der Waals surface area contributed by atoms with Crippen molar-refractivity contribution in [3.8, 4) is 17.0 Å². The number of hydrogen-bond acceptors (Lipinski definition) is 5. The molecule has 1 aromatic heterocycles. The fourth-order valence-electron chi connectivity index (χ4n) is 2.92. The van der Waals surface area contributed by atoms with Crippen molar-refractivity contribution in [2.45, 2.75) is 13.8 Å². The van der Waals surface area contributed by atoms with E-state index in [4.69, 9.17) is 25.4 Å². The number of benzene rings is 2. The highest BCUT2D eigenvalue weighted by Gasteiger charge is 2.14. The molecule has 0 bridgehead atoms. The van der Waals surface area contributed by atoms with Crippen LogP contribution >= 0.6 is 0 Å². The number of nitrogens with zero attached hydrogens (tertiary/aromatic N) is 1. The van der Waals surface area contributed by atoms with Gasteiger partial charge in [-0.25, -0.2) is 4.98 Å². The number of aromatic nitrogens is 1. The van der Waals surface area contributed by atoms with Gasteiger partial charge < -0.3 is 20.9 Å². The largest absolute Gasteiger partial charge is 0.494 e. The zero-order chi connectivity index (χ0) is 21.6. The van der Waals surface area contributed by atoms with E-state index in [0.717, 1.165) is 22.2 Å². The second-order valence-corrected chi connectivity index (χ2v) is 6.09. The number of methoxy groups -OCH3 is 1. The molecule has 0 unspecified atom stereocenters. The number of aryl methyl sites for hydroxylation is 1. The van der Waals surface area contributed by atoms with Crippen molar-refractivity contribution in [3.63, 3.8) is 0 Å². The zero-order valence-electron chi connectivity index (χ0n) is 16.2. The number of amides is 2. The van der Waals surface area contributed by atoms with Crippen LogP contribution in [0.2, 0.25) is 0 Å². The van der Waals surface area contributed by atoms with Gasteiger partial charge in [-0.15, -0.1) is 0 Å². The SMILES string of the molecule is COc1ccc(NC(C)=O)c2c(C)cc(-c3ccc(C(N)=O)cc3)nc12.O=CO. The molecule has 8 nitrogen and oxygen atoms in total. The van der Waals surface area contributed by atoms with E-state index in [1.807, 2.05) is 13.0 Å². The molecule has 2 amide bonds. The summed E-state index contributed by atoms with van der Waals surface area (Å²) in [5.74, 6) is -0.00406. The molecular weight excluding hydrogens is 374 g/mol. The Balaban J connectivity index is 0.000000941. The molecule has 0 aliphatic heterocycles. The number of nitrogens with two attached hydrogens (primary N) is 1. The number of hydrogen-bond donors (Lipinski definition) is 3. The first-order chi connectivity index (χ1) is 13.8. The molecule has 4 N–H and O–H groups in total. The molecule has 0 atom stereocenters. The van der Waals surface area contributed by atoms with Crippen molar-refractivity contribution in [3.05, 3.63) is 53.6 Å². The van der Waals surface area contributed by atoms with Crippen LogP contribution in [0, 0.1) is 6.92 Å². The Morgan fingerprint density at radius 3 is 2.31 bits per heavy atom. The highest BCUT2D eigenvalue weighted by atomic mass is 16.5.